The molecule has 0 spiro atoms. The molecular formula is C24H25N3O3S. The van der Waals surface area contributed by atoms with Gasteiger partial charge in [-0.1, -0.05) is 48.2 Å². The maximum absolute atomic E-state index is 12.9. The second kappa shape index (κ2) is 9.83. The Bertz CT molecular complexity index is 1060. The third-order valence-electron chi connectivity index (χ3n) is 4.94. The number of amides is 1. The number of carbonyl (C=O) groups is 1. The van der Waals surface area contributed by atoms with E-state index in [1.165, 1.54) is 11.8 Å². The van der Waals surface area contributed by atoms with E-state index in [0.29, 0.717) is 31.5 Å². The van der Waals surface area contributed by atoms with Gasteiger partial charge in [0, 0.05) is 24.3 Å². The fraction of sp³-hybridized carbons (Fsp3) is 0.292. The zero-order valence-electron chi connectivity index (χ0n) is 17.7. The largest absolute Gasteiger partial charge is 0.486 e. The summed E-state index contributed by atoms with van der Waals surface area (Å²) in [6.07, 6.45) is 0. The Morgan fingerprint density at radius 1 is 1.03 bits per heavy atom. The van der Waals surface area contributed by atoms with Crippen LogP contribution < -0.4 is 9.47 Å². The van der Waals surface area contributed by atoms with Crippen molar-refractivity contribution >= 4 is 17.7 Å². The van der Waals surface area contributed by atoms with Crippen molar-refractivity contribution in [3.63, 3.8) is 0 Å². The topological polar surface area (TPSA) is 64.6 Å². The summed E-state index contributed by atoms with van der Waals surface area (Å²) in [5, 5.41) is 0.614. The van der Waals surface area contributed by atoms with E-state index in [2.05, 4.69) is 9.97 Å². The first-order valence-electron chi connectivity index (χ1n) is 10.3. The molecule has 0 saturated carbocycles. The van der Waals surface area contributed by atoms with Crippen molar-refractivity contribution in [1.82, 2.24) is 14.9 Å². The smallest absolute Gasteiger partial charge is 0.233 e. The van der Waals surface area contributed by atoms with Gasteiger partial charge in [-0.05, 0) is 37.6 Å². The molecule has 0 atom stereocenters. The number of rotatable bonds is 7. The van der Waals surface area contributed by atoms with Crippen molar-refractivity contribution in [2.75, 3.05) is 25.5 Å². The van der Waals surface area contributed by atoms with E-state index >= 15 is 0 Å². The van der Waals surface area contributed by atoms with Gasteiger partial charge in [0.1, 0.15) is 13.2 Å². The molecule has 2 aromatic carbocycles. The number of hydrogen-bond acceptors (Lipinski definition) is 6. The van der Waals surface area contributed by atoms with Crippen LogP contribution in [0, 0.1) is 6.92 Å². The second-order valence-electron chi connectivity index (χ2n) is 7.22. The van der Waals surface area contributed by atoms with Gasteiger partial charge in [-0.2, -0.15) is 0 Å². The fourth-order valence-electron chi connectivity index (χ4n) is 3.36. The van der Waals surface area contributed by atoms with Crippen LogP contribution in [0.5, 0.6) is 11.5 Å². The molecule has 0 unspecified atom stereocenters. The van der Waals surface area contributed by atoms with E-state index in [1.807, 2.05) is 73.3 Å². The highest BCUT2D eigenvalue weighted by molar-refractivity contribution is 7.99. The van der Waals surface area contributed by atoms with Gasteiger partial charge in [0.2, 0.25) is 5.91 Å². The molecule has 4 rings (SSSR count). The van der Waals surface area contributed by atoms with E-state index in [4.69, 9.17) is 9.47 Å². The molecule has 0 saturated heterocycles. The molecule has 0 fully saturated rings. The summed E-state index contributed by atoms with van der Waals surface area (Å²) in [5.41, 5.74) is 3.80. The number of aryl methyl sites for hydroxylation is 1. The van der Waals surface area contributed by atoms with Crippen LogP contribution >= 0.6 is 11.8 Å². The molecule has 31 heavy (non-hydrogen) atoms. The highest BCUT2D eigenvalue weighted by Crippen LogP contribution is 2.31. The number of aromatic nitrogens is 2. The summed E-state index contributed by atoms with van der Waals surface area (Å²) < 4.78 is 11.2. The van der Waals surface area contributed by atoms with Gasteiger partial charge in [-0.15, -0.1) is 0 Å². The van der Waals surface area contributed by atoms with E-state index in [0.717, 1.165) is 34.0 Å². The zero-order chi connectivity index (χ0) is 21.6. The summed E-state index contributed by atoms with van der Waals surface area (Å²) in [6.45, 7) is 6.19. The van der Waals surface area contributed by atoms with Gasteiger partial charge < -0.3 is 14.4 Å². The van der Waals surface area contributed by atoms with Crippen molar-refractivity contribution < 1.29 is 14.3 Å². The average molecular weight is 436 g/mol. The van der Waals surface area contributed by atoms with Crippen molar-refractivity contribution in [2.45, 2.75) is 25.5 Å². The first-order chi connectivity index (χ1) is 15.1. The third-order valence-corrected chi connectivity index (χ3v) is 5.77. The molecule has 1 amide bonds. The van der Waals surface area contributed by atoms with Crippen LogP contribution in [0.2, 0.25) is 0 Å². The van der Waals surface area contributed by atoms with Crippen LogP contribution in [0.1, 0.15) is 18.2 Å². The Morgan fingerprint density at radius 2 is 1.81 bits per heavy atom. The Balaban J connectivity index is 1.41. The van der Waals surface area contributed by atoms with Gasteiger partial charge in [0.05, 0.1) is 11.4 Å². The summed E-state index contributed by atoms with van der Waals surface area (Å²) in [4.78, 5) is 23.8. The molecule has 6 nitrogen and oxygen atoms in total. The van der Waals surface area contributed by atoms with Crippen LogP contribution in [0.4, 0.5) is 0 Å². The lowest BCUT2D eigenvalue weighted by molar-refractivity contribution is -0.128. The predicted octanol–water partition coefficient (Wildman–Crippen LogP) is 4.36. The van der Waals surface area contributed by atoms with E-state index in [9.17, 15) is 4.79 Å². The molecular weight excluding hydrogens is 410 g/mol. The standard InChI is InChI=1S/C24H25N3O3S/c1-3-27(15-18-9-10-21-22(14-18)30-12-11-29-21)23(28)16-31-24-25-17(2)13-20(26-24)19-7-5-4-6-8-19/h4-10,13-14H,3,11-12,15-16H2,1-2H3. The minimum atomic E-state index is 0.0498. The quantitative estimate of drug-likeness (QED) is 0.406. The maximum atomic E-state index is 12.9. The van der Waals surface area contributed by atoms with Crippen LogP contribution in [-0.4, -0.2) is 46.3 Å². The van der Waals surface area contributed by atoms with Crippen LogP contribution in [0.15, 0.2) is 59.8 Å². The van der Waals surface area contributed by atoms with Crippen molar-refractivity contribution in [2.24, 2.45) is 0 Å². The summed E-state index contributed by atoms with van der Waals surface area (Å²) in [7, 11) is 0. The molecule has 0 N–H and O–H groups in total. The van der Waals surface area contributed by atoms with Gasteiger partial charge in [-0.3, -0.25) is 4.79 Å². The summed E-state index contributed by atoms with van der Waals surface area (Å²) in [5.74, 6) is 1.83. The van der Waals surface area contributed by atoms with Gasteiger partial charge >= 0.3 is 0 Å². The van der Waals surface area contributed by atoms with Gasteiger partial charge in [0.25, 0.3) is 0 Å². The fourth-order valence-corrected chi connectivity index (χ4v) is 4.17. The van der Waals surface area contributed by atoms with E-state index < -0.39 is 0 Å². The molecule has 0 bridgehead atoms. The maximum Gasteiger partial charge on any atom is 0.233 e. The van der Waals surface area contributed by atoms with Crippen LogP contribution in [0.25, 0.3) is 11.3 Å². The number of fused-ring (bicyclic) bond motifs is 1. The minimum Gasteiger partial charge on any atom is -0.486 e. The molecule has 1 aromatic heterocycles. The number of carbonyl (C=O) groups excluding carboxylic acids is 1. The first kappa shape index (κ1) is 21.2. The molecule has 1 aliphatic heterocycles. The third kappa shape index (κ3) is 5.35. The molecule has 7 heteroatoms. The average Bonchev–Trinajstić information content (AvgIpc) is 2.81. The van der Waals surface area contributed by atoms with Crippen LogP contribution in [-0.2, 0) is 11.3 Å². The van der Waals surface area contributed by atoms with Crippen LogP contribution in [0.3, 0.4) is 0 Å². The zero-order valence-corrected chi connectivity index (χ0v) is 18.5. The van der Waals surface area contributed by atoms with Gasteiger partial charge in [-0.25, -0.2) is 9.97 Å². The number of nitrogens with zero attached hydrogens (tertiary/aromatic N) is 3. The first-order valence-corrected chi connectivity index (χ1v) is 11.3. The lowest BCUT2D eigenvalue weighted by atomic mass is 10.1. The molecule has 3 aromatic rings. The highest BCUT2D eigenvalue weighted by Gasteiger charge is 2.17. The number of benzene rings is 2. The van der Waals surface area contributed by atoms with Gasteiger partial charge in [0.15, 0.2) is 16.7 Å². The number of hydrogen-bond donors (Lipinski definition) is 0. The highest BCUT2D eigenvalue weighted by atomic mass is 32.2. The number of ether oxygens (including phenoxy) is 2. The van der Waals surface area contributed by atoms with Crippen molar-refractivity contribution in [3.05, 3.63) is 65.9 Å². The summed E-state index contributed by atoms with van der Waals surface area (Å²) in [6, 6.07) is 17.8. The molecule has 0 aliphatic carbocycles. The minimum absolute atomic E-state index is 0.0498. The Kier molecular flexibility index (Phi) is 6.72. The Labute approximate surface area is 186 Å². The van der Waals surface area contributed by atoms with Crippen molar-refractivity contribution in [3.8, 4) is 22.8 Å². The Morgan fingerprint density at radius 3 is 2.58 bits per heavy atom. The molecule has 1 aliphatic rings. The molecule has 2 heterocycles. The monoisotopic (exact) mass is 435 g/mol. The normalized spacial score (nSPS) is 12.5. The SMILES string of the molecule is CCN(Cc1ccc2c(c1)OCCO2)C(=O)CSc1nc(C)cc(-c2ccccc2)n1. The molecule has 160 valence electrons. The lowest BCUT2D eigenvalue weighted by Crippen LogP contribution is -2.31. The number of thioether (sulfide) groups is 1. The molecule has 0 radical (unpaired) electrons. The second-order valence-corrected chi connectivity index (χ2v) is 8.16. The lowest BCUT2D eigenvalue weighted by Gasteiger charge is -2.23. The van der Waals surface area contributed by atoms with E-state index in [-0.39, 0.29) is 11.7 Å². The summed E-state index contributed by atoms with van der Waals surface area (Å²) >= 11 is 1.37. The predicted molar refractivity (Wildman–Crippen MR) is 121 cm³/mol. The van der Waals surface area contributed by atoms with Crippen molar-refractivity contribution in [1.29, 1.82) is 0 Å². The van der Waals surface area contributed by atoms with E-state index in [1.54, 1.807) is 0 Å². The Hall–Kier alpha value is -3.06.